The van der Waals surface area contributed by atoms with E-state index in [1.165, 1.54) is 29.2 Å². The molecule has 0 aromatic carbocycles. The number of hydrogen-bond acceptors (Lipinski definition) is 5. The summed E-state index contributed by atoms with van der Waals surface area (Å²) >= 11 is 0. The van der Waals surface area contributed by atoms with Gasteiger partial charge in [-0.1, -0.05) is 18.2 Å². The first-order valence-corrected chi connectivity index (χ1v) is 10.6. The van der Waals surface area contributed by atoms with Crippen LogP contribution in [-0.2, 0) is 19.0 Å². The van der Waals surface area contributed by atoms with Gasteiger partial charge in [-0.15, -0.1) is 0 Å². The largest absolute Gasteiger partial charge is 0.485 e. The van der Waals surface area contributed by atoms with E-state index in [1.54, 1.807) is 0 Å². The maximum atomic E-state index is 10.7. The summed E-state index contributed by atoms with van der Waals surface area (Å²) in [6, 6.07) is 0. The molecular formula is C23H30O5. The van der Waals surface area contributed by atoms with E-state index in [9.17, 15) is 9.90 Å². The molecule has 0 bridgehead atoms. The summed E-state index contributed by atoms with van der Waals surface area (Å²) in [6.07, 6.45) is 15.7. The number of unbranched alkanes of at least 4 members (excludes halogenated alkanes) is 1. The maximum Gasteiger partial charge on any atom is 0.157 e. The molecule has 0 aromatic heterocycles. The number of fused-ring (bicyclic) bond motifs is 2. The summed E-state index contributed by atoms with van der Waals surface area (Å²) in [5, 5.41) is 10.3. The van der Waals surface area contributed by atoms with Gasteiger partial charge in [0, 0.05) is 31.1 Å². The molecular weight excluding hydrogens is 356 g/mol. The van der Waals surface area contributed by atoms with E-state index in [0.29, 0.717) is 6.42 Å². The van der Waals surface area contributed by atoms with E-state index in [-0.39, 0.29) is 18.3 Å². The van der Waals surface area contributed by atoms with Gasteiger partial charge < -0.3 is 19.3 Å². The zero-order valence-corrected chi connectivity index (χ0v) is 16.3. The standard InChI is InChI=1S/C23H30O5/c24-12-6-10-17-19(25)15-20-22(17)18-9-5-8-16(23(18)28-20)7-1-3-13-26-21-11-2-4-14-27-21/h5-6,8,10,12,17,19-21,25H,1-4,7,9,11,13-15H2/t17-,19+,20-,21?/m1/s1. The third-order valence-electron chi connectivity index (χ3n) is 6.07. The number of rotatable bonds is 8. The summed E-state index contributed by atoms with van der Waals surface area (Å²) < 4.78 is 17.7. The number of aliphatic hydroxyl groups excluding tert-OH is 1. The lowest BCUT2D eigenvalue weighted by molar-refractivity contribution is -0.162. The van der Waals surface area contributed by atoms with E-state index in [4.69, 9.17) is 14.2 Å². The molecule has 4 atom stereocenters. The predicted molar refractivity (Wildman–Crippen MR) is 105 cm³/mol. The quantitative estimate of drug-likeness (QED) is 0.391. The Morgan fingerprint density at radius 2 is 2.21 bits per heavy atom. The lowest BCUT2D eigenvalue weighted by atomic mass is 9.89. The van der Waals surface area contributed by atoms with Crippen LogP contribution in [0.5, 0.6) is 0 Å². The molecule has 5 nitrogen and oxygen atoms in total. The molecule has 4 aliphatic rings. The van der Waals surface area contributed by atoms with E-state index in [0.717, 1.165) is 63.8 Å². The average molecular weight is 386 g/mol. The molecule has 0 aromatic rings. The fourth-order valence-corrected chi connectivity index (χ4v) is 4.71. The van der Waals surface area contributed by atoms with E-state index in [1.807, 2.05) is 6.08 Å². The van der Waals surface area contributed by atoms with Crippen LogP contribution in [0.1, 0.15) is 51.4 Å². The van der Waals surface area contributed by atoms with Gasteiger partial charge in [0.05, 0.1) is 6.10 Å². The van der Waals surface area contributed by atoms with Crippen LogP contribution in [0.25, 0.3) is 0 Å². The van der Waals surface area contributed by atoms with Gasteiger partial charge in [0.1, 0.15) is 18.1 Å². The number of aliphatic hydroxyl groups is 1. The molecule has 1 saturated carbocycles. The highest BCUT2D eigenvalue weighted by Gasteiger charge is 2.45. The van der Waals surface area contributed by atoms with Crippen molar-refractivity contribution in [3.8, 4) is 0 Å². The third kappa shape index (κ3) is 4.17. The van der Waals surface area contributed by atoms with Crippen LogP contribution in [0.4, 0.5) is 0 Å². The molecule has 0 radical (unpaired) electrons. The highest BCUT2D eigenvalue weighted by atomic mass is 16.7. The Labute approximate surface area is 166 Å². The highest BCUT2D eigenvalue weighted by molar-refractivity contribution is 5.65. The molecule has 0 spiro atoms. The fourth-order valence-electron chi connectivity index (χ4n) is 4.71. The number of allylic oxidation sites excluding steroid dienone is 5. The van der Waals surface area contributed by atoms with Gasteiger partial charge in [-0.2, -0.15) is 0 Å². The molecule has 152 valence electrons. The van der Waals surface area contributed by atoms with Crippen molar-refractivity contribution < 1.29 is 24.1 Å². The molecule has 2 aliphatic heterocycles. The van der Waals surface area contributed by atoms with Crippen molar-refractivity contribution in [2.45, 2.75) is 69.9 Å². The van der Waals surface area contributed by atoms with Gasteiger partial charge in [-0.05, 0) is 62.2 Å². The Kier molecular flexibility index (Phi) is 6.45. The van der Waals surface area contributed by atoms with Crippen LogP contribution in [0.15, 0.2) is 46.8 Å². The second-order valence-electron chi connectivity index (χ2n) is 7.98. The smallest absolute Gasteiger partial charge is 0.157 e. The summed E-state index contributed by atoms with van der Waals surface area (Å²) in [6.45, 7) is 1.55. The van der Waals surface area contributed by atoms with Crippen molar-refractivity contribution >= 4 is 6.29 Å². The minimum absolute atomic E-state index is 0.0120. The second-order valence-corrected chi connectivity index (χ2v) is 7.98. The van der Waals surface area contributed by atoms with E-state index < -0.39 is 6.10 Å². The molecule has 2 fully saturated rings. The van der Waals surface area contributed by atoms with Crippen LogP contribution >= 0.6 is 0 Å². The molecule has 4 rings (SSSR count). The van der Waals surface area contributed by atoms with Crippen LogP contribution in [0.2, 0.25) is 0 Å². The highest BCUT2D eigenvalue weighted by Crippen LogP contribution is 2.48. The van der Waals surface area contributed by atoms with Crippen LogP contribution < -0.4 is 0 Å². The number of carbonyl (C=O) groups is 1. The molecule has 28 heavy (non-hydrogen) atoms. The fraction of sp³-hybridized carbons (Fsp3) is 0.609. The number of carbonyl (C=O) groups excluding carboxylic acids is 1. The molecule has 5 heteroatoms. The Bertz CT molecular complexity index is 696. The number of aldehydes is 1. The summed E-state index contributed by atoms with van der Waals surface area (Å²) in [7, 11) is 0. The van der Waals surface area contributed by atoms with Gasteiger partial charge in [-0.3, -0.25) is 4.79 Å². The topological polar surface area (TPSA) is 65.0 Å². The van der Waals surface area contributed by atoms with Crippen molar-refractivity contribution in [3.63, 3.8) is 0 Å². The summed E-state index contributed by atoms with van der Waals surface area (Å²) in [4.78, 5) is 10.7. The Morgan fingerprint density at radius 1 is 1.29 bits per heavy atom. The zero-order chi connectivity index (χ0) is 19.3. The predicted octanol–water partition coefficient (Wildman–Crippen LogP) is 3.75. The second kappa shape index (κ2) is 9.21. The molecule has 1 unspecified atom stereocenters. The van der Waals surface area contributed by atoms with Gasteiger partial charge >= 0.3 is 0 Å². The van der Waals surface area contributed by atoms with Crippen molar-refractivity contribution in [2.75, 3.05) is 13.2 Å². The third-order valence-corrected chi connectivity index (χ3v) is 6.07. The molecule has 2 heterocycles. The Balaban J connectivity index is 1.35. The van der Waals surface area contributed by atoms with Crippen molar-refractivity contribution in [1.82, 2.24) is 0 Å². The summed E-state index contributed by atoms with van der Waals surface area (Å²) in [5.74, 6) is 0.898. The first-order valence-electron chi connectivity index (χ1n) is 10.6. The lowest BCUT2D eigenvalue weighted by Gasteiger charge is -2.22. The maximum absolute atomic E-state index is 10.7. The van der Waals surface area contributed by atoms with E-state index in [2.05, 4.69) is 12.2 Å². The van der Waals surface area contributed by atoms with E-state index >= 15 is 0 Å². The van der Waals surface area contributed by atoms with Gasteiger partial charge in [0.15, 0.2) is 6.29 Å². The summed E-state index contributed by atoms with van der Waals surface area (Å²) in [5.41, 5.74) is 3.62. The van der Waals surface area contributed by atoms with Crippen LogP contribution in [-0.4, -0.2) is 43.1 Å². The Morgan fingerprint density at radius 3 is 3.04 bits per heavy atom. The first kappa shape index (κ1) is 19.6. The SMILES string of the molecule is O=CC=C[C@H]1C2=C3CC=CC(CCCCOC4CCCCO4)=C3O[C@@H]2C[C@@H]1O. The average Bonchev–Trinajstić information content (AvgIpc) is 3.22. The molecule has 1 saturated heterocycles. The normalized spacial score (nSPS) is 32.0. The van der Waals surface area contributed by atoms with Crippen molar-refractivity contribution in [2.24, 2.45) is 5.92 Å². The Hall–Kier alpha value is -1.69. The van der Waals surface area contributed by atoms with Crippen molar-refractivity contribution in [3.05, 3.63) is 46.8 Å². The van der Waals surface area contributed by atoms with Crippen LogP contribution in [0.3, 0.4) is 0 Å². The monoisotopic (exact) mass is 386 g/mol. The molecule has 2 aliphatic carbocycles. The zero-order valence-electron chi connectivity index (χ0n) is 16.3. The number of ether oxygens (including phenoxy) is 3. The van der Waals surface area contributed by atoms with Gasteiger partial charge in [0.25, 0.3) is 0 Å². The number of hydrogen-bond donors (Lipinski definition) is 1. The molecule has 1 N–H and O–H groups in total. The minimum Gasteiger partial charge on any atom is -0.485 e. The molecule has 0 amide bonds. The van der Waals surface area contributed by atoms with Gasteiger partial charge in [0.2, 0.25) is 0 Å². The van der Waals surface area contributed by atoms with Gasteiger partial charge in [-0.25, -0.2) is 0 Å². The van der Waals surface area contributed by atoms with Crippen molar-refractivity contribution in [1.29, 1.82) is 0 Å². The van der Waals surface area contributed by atoms with Crippen LogP contribution in [0, 0.1) is 5.92 Å². The minimum atomic E-state index is -0.473. The lowest BCUT2D eigenvalue weighted by Crippen LogP contribution is -2.22. The first-order chi connectivity index (χ1) is 13.8.